The molecule has 86 valence electrons. The van der Waals surface area contributed by atoms with Gasteiger partial charge in [-0.2, -0.15) is 0 Å². The number of hydrogen-bond acceptors (Lipinski definition) is 3. The predicted molar refractivity (Wildman–Crippen MR) is 59.7 cm³/mol. The van der Waals surface area contributed by atoms with Gasteiger partial charge in [-0.1, -0.05) is 24.3 Å². The summed E-state index contributed by atoms with van der Waals surface area (Å²) >= 11 is 0. The van der Waals surface area contributed by atoms with Crippen LogP contribution in [0.15, 0.2) is 24.3 Å². The Kier molecular flexibility index (Phi) is 6.32. The van der Waals surface area contributed by atoms with Crippen LogP contribution in [0.4, 0.5) is 0 Å². The van der Waals surface area contributed by atoms with Gasteiger partial charge in [0, 0.05) is 13.5 Å². The van der Waals surface area contributed by atoms with Crippen LogP contribution in [0.3, 0.4) is 0 Å². The van der Waals surface area contributed by atoms with Crippen molar-refractivity contribution in [1.82, 2.24) is 0 Å². The Balaban J connectivity index is 2.20. The summed E-state index contributed by atoms with van der Waals surface area (Å²) in [5.41, 5.74) is 0. The molecule has 0 bridgehead atoms. The van der Waals surface area contributed by atoms with Crippen LogP contribution in [0, 0.1) is 0 Å². The average molecular weight is 212 g/mol. The van der Waals surface area contributed by atoms with Gasteiger partial charge >= 0.3 is 0 Å². The van der Waals surface area contributed by atoms with Gasteiger partial charge in [0.2, 0.25) is 0 Å². The topological polar surface area (TPSA) is 27.7 Å². The van der Waals surface area contributed by atoms with Gasteiger partial charge in [-0.25, -0.2) is 0 Å². The highest BCUT2D eigenvalue weighted by molar-refractivity contribution is 5.03. The average Bonchev–Trinajstić information content (AvgIpc) is 2.76. The number of ether oxygens (including phenoxy) is 3. The SMILES string of the molecule is C/C=C/C=C/C(CCC1OCCO1)OC. The van der Waals surface area contributed by atoms with Crippen LogP contribution in [0.2, 0.25) is 0 Å². The Morgan fingerprint density at radius 1 is 1.33 bits per heavy atom. The van der Waals surface area contributed by atoms with E-state index in [1.807, 2.05) is 25.2 Å². The van der Waals surface area contributed by atoms with Gasteiger partial charge < -0.3 is 14.2 Å². The standard InChI is InChI=1S/C12H20O3/c1-3-4-5-6-11(13-2)7-8-12-14-9-10-15-12/h3-6,11-12H,7-10H2,1-2H3/b4-3+,6-5+. The quantitative estimate of drug-likeness (QED) is 0.632. The van der Waals surface area contributed by atoms with E-state index in [4.69, 9.17) is 14.2 Å². The molecule has 0 amide bonds. The molecule has 0 N–H and O–H groups in total. The van der Waals surface area contributed by atoms with Crippen molar-refractivity contribution in [2.24, 2.45) is 0 Å². The number of rotatable bonds is 6. The molecule has 1 unspecified atom stereocenters. The van der Waals surface area contributed by atoms with Gasteiger partial charge in [-0.15, -0.1) is 0 Å². The van der Waals surface area contributed by atoms with Gasteiger partial charge in [-0.3, -0.25) is 0 Å². The molecular formula is C12H20O3. The Labute approximate surface area is 91.7 Å². The molecule has 1 saturated heterocycles. The minimum atomic E-state index is -0.0298. The van der Waals surface area contributed by atoms with E-state index < -0.39 is 0 Å². The molecule has 0 aromatic carbocycles. The van der Waals surface area contributed by atoms with Crippen molar-refractivity contribution >= 4 is 0 Å². The lowest BCUT2D eigenvalue weighted by molar-refractivity contribution is -0.0536. The monoisotopic (exact) mass is 212 g/mol. The zero-order valence-electron chi connectivity index (χ0n) is 9.52. The molecule has 1 rings (SSSR count). The first-order valence-electron chi connectivity index (χ1n) is 5.42. The first-order chi connectivity index (χ1) is 7.36. The summed E-state index contributed by atoms with van der Waals surface area (Å²) in [5.74, 6) is 0. The van der Waals surface area contributed by atoms with Crippen LogP contribution < -0.4 is 0 Å². The zero-order chi connectivity index (χ0) is 10.9. The molecule has 1 heterocycles. The summed E-state index contributed by atoms with van der Waals surface area (Å²) in [7, 11) is 1.72. The Morgan fingerprint density at radius 2 is 2.07 bits per heavy atom. The fraction of sp³-hybridized carbons (Fsp3) is 0.667. The minimum absolute atomic E-state index is 0.0298. The van der Waals surface area contributed by atoms with Gasteiger partial charge in [0.1, 0.15) is 0 Å². The molecule has 0 aromatic heterocycles. The first kappa shape index (κ1) is 12.4. The molecule has 0 spiro atoms. The largest absolute Gasteiger partial charge is 0.377 e. The summed E-state index contributed by atoms with van der Waals surface area (Å²) in [4.78, 5) is 0. The third-order valence-electron chi connectivity index (χ3n) is 2.31. The Morgan fingerprint density at radius 3 is 2.67 bits per heavy atom. The van der Waals surface area contributed by atoms with Crippen LogP contribution in [0.1, 0.15) is 19.8 Å². The van der Waals surface area contributed by atoms with E-state index in [1.165, 1.54) is 0 Å². The molecule has 1 atom stereocenters. The molecule has 3 nitrogen and oxygen atoms in total. The van der Waals surface area contributed by atoms with Gasteiger partial charge in [-0.05, 0) is 13.3 Å². The number of hydrogen-bond donors (Lipinski definition) is 0. The fourth-order valence-electron chi connectivity index (χ4n) is 1.47. The van der Waals surface area contributed by atoms with Gasteiger partial charge in [0.05, 0.1) is 19.3 Å². The molecular weight excluding hydrogens is 192 g/mol. The predicted octanol–water partition coefficient (Wildman–Crippen LogP) is 2.29. The van der Waals surface area contributed by atoms with E-state index in [-0.39, 0.29) is 12.4 Å². The fourth-order valence-corrected chi connectivity index (χ4v) is 1.47. The van der Waals surface area contributed by atoms with E-state index in [2.05, 4.69) is 6.08 Å². The van der Waals surface area contributed by atoms with Crippen LogP contribution >= 0.6 is 0 Å². The van der Waals surface area contributed by atoms with Crippen molar-refractivity contribution in [2.75, 3.05) is 20.3 Å². The lowest BCUT2D eigenvalue weighted by Gasteiger charge is -2.13. The molecule has 15 heavy (non-hydrogen) atoms. The molecule has 0 radical (unpaired) electrons. The highest BCUT2D eigenvalue weighted by atomic mass is 16.7. The van der Waals surface area contributed by atoms with Crippen LogP contribution in [0.25, 0.3) is 0 Å². The Hall–Kier alpha value is -0.640. The second-order valence-corrected chi connectivity index (χ2v) is 3.43. The molecule has 1 aliphatic heterocycles. The van der Waals surface area contributed by atoms with E-state index in [0.29, 0.717) is 0 Å². The van der Waals surface area contributed by atoms with Gasteiger partial charge in [0.15, 0.2) is 6.29 Å². The first-order valence-corrected chi connectivity index (χ1v) is 5.42. The summed E-state index contributed by atoms with van der Waals surface area (Å²) in [6.07, 6.45) is 9.97. The highest BCUT2D eigenvalue weighted by Crippen LogP contribution is 2.13. The molecule has 0 aromatic rings. The third kappa shape index (κ3) is 5.11. The summed E-state index contributed by atoms with van der Waals surface area (Å²) in [6.45, 7) is 3.43. The lowest BCUT2D eigenvalue weighted by Crippen LogP contribution is -2.14. The van der Waals surface area contributed by atoms with Crippen molar-refractivity contribution in [3.05, 3.63) is 24.3 Å². The van der Waals surface area contributed by atoms with Crippen molar-refractivity contribution in [1.29, 1.82) is 0 Å². The van der Waals surface area contributed by atoms with Crippen molar-refractivity contribution in [3.63, 3.8) is 0 Å². The highest BCUT2D eigenvalue weighted by Gasteiger charge is 2.16. The molecule has 1 fully saturated rings. The van der Waals surface area contributed by atoms with Gasteiger partial charge in [0.25, 0.3) is 0 Å². The summed E-state index contributed by atoms with van der Waals surface area (Å²) in [6, 6.07) is 0. The second-order valence-electron chi connectivity index (χ2n) is 3.43. The smallest absolute Gasteiger partial charge is 0.157 e. The number of methoxy groups -OCH3 is 1. The Bertz CT molecular complexity index is 205. The normalized spacial score (nSPS) is 20.7. The maximum atomic E-state index is 5.36. The summed E-state index contributed by atoms with van der Waals surface area (Å²) in [5, 5.41) is 0. The van der Waals surface area contributed by atoms with Crippen molar-refractivity contribution in [2.45, 2.75) is 32.2 Å². The van der Waals surface area contributed by atoms with Crippen LogP contribution in [0.5, 0.6) is 0 Å². The molecule has 3 heteroatoms. The van der Waals surface area contributed by atoms with E-state index >= 15 is 0 Å². The molecule has 0 saturated carbocycles. The molecule has 0 aliphatic carbocycles. The second kappa shape index (κ2) is 7.63. The molecule has 1 aliphatic rings. The minimum Gasteiger partial charge on any atom is -0.377 e. The van der Waals surface area contributed by atoms with E-state index in [0.717, 1.165) is 26.1 Å². The summed E-state index contributed by atoms with van der Waals surface area (Å²) < 4.78 is 16.0. The maximum Gasteiger partial charge on any atom is 0.157 e. The van der Waals surface area contributed by atoms with E-state index in [9.17, 15) is 0 Å². The van der Waals surface area contributed by atoms with Crippen molar-refractivity contribution in [3.8, 4) is 0 Å². The maximum absolute atomic E-state index is 5.36. The van der Waals surface area contributed by atoms with Crippen LogP contribution in [-0.2, 0) is 14.2 Å². The number of allylic oxidation sites excluding steroid dienone is 3. The third-order valence-corrected chi connectivity index (χ3v) is 2.31. The van der Waals surface area contributed by atoms with E-state index in [1.54, 1.807) is 7.11 Å². The van der Waals surface area contributed by atoms with Crippen LogP contribution in [-0.4, -0.2) is 32.7 Å². The van der Waals surface area contributed by atoms with Crippen molar-refractivity contribution < 1.29 is 14.2 Å². The zero-order valence-corrected chi connectivity index (χ0v) is 9.52. The lowest BCUT2D eigenvalue weighted by atomic mass is 10.2.